The summed E-state index contributed by atoms with van der Waals surface area (Å²) in [5, 5.41) is 18.0. The lowest BCUT2D eigenvalue weighted by Crippen LogP contribution is -2.12. The second-order valence-electron chi connectivity index (χ2n) is 2.92. The first-order valence-corrected chi connectivity index (χ1v) is 5.76. The molecule has 0 heterocycles. The van der Waals surface area contributed by atoms with Crippen LogP contribution in [0, 0.1) is 0 Å². The van der Waals surface area contributed by atoms with E-state index in [2.05, 4.69) is 36.6 Å². The molecule has 8 heteroatoms. The molecule has 0 saturated heterocycles. The summed E-state index contributed by atoms with van der Waals surface area (Å²) in [6.45, 7) is -2.98. The highest BCUT2D eigenvalue weighted by molar-refractivity contribution is 9.11. The molecule has 1 aromatic carbocycles. The van der Waals surface area contributed by atoms with Crippen LogP contribution < -0.4 is 4.74 Å². The third kappa shape index (κ3) is 3.62. The maximum atomic E-state index is 12.0. The van der Waals surface area contributed by atoms with Crippen molar-refractivity contribution in [2.24, 2.45) is 0 Å². The Morgan fingerprint density at radius 2 is 1.76 bits per heavy atom. The Kier molecular flexibility index (Phi) is 4.84. The molecule has 1 atom stereocenters. The first-order valence-electron chi connectivity index (χ1n) is 4.17. The number of carbonyl (C=O) groups is 1. The summed E-state index contributed by atoms with van der Waals surface area (Å²) in [7, 11) is 0. The third-order valence-corrected chi connectivity index (χ3v) is 3.10. The Labute approximate surface area is 111 Å². The fourth-order valence-electron chi connectivity index (χ4n) is 1.12. The molecule has 0 aliphatic carbocycles. The summed E-state index contributed by atoms with van der Waals surface area (Å²) in [5.41, 5.74) is 0.0270. The molecule has 0 radical (unpaired) electrons. The minimum Gasteiger partial charge on any atom is -0.479 e. The molecule has 1 rings (SSSR count). The number of hydrogen-bond acceptors (Lipinski definition) is 3. The SMILES string of the molecule is O=C(O)C(O)c1c(Br)cc(OC(F)F)cc1Br. The predicted octanol–water partition coefficient (Wildman–Crippen LogP) is 2.93. The van der Waals surface area contributed by atoms with Crippen molar-refractivity contribution >= 4 is 37.8 Å². The van der Waals surface area contributed by atoms with E-state index in [1.165, 1.54) is 0 Å². The van der Waals surface area contributed by atoms with Crippen molar-refractivity contribution in [1.29, 1.82) is 0 Å². The third-order valence-electron chi connectivity index (χ3n) is 1.79. The molecule has 1 unspecified atom stereocenters. The standard InChI is InChI=1S/C9H6Br2F2O4/c10-4-1-3(17-9(12)13)2-5(11)6(4)7(14)8(15)16/h1-2,7,9,14H,(H,15,16). The quantitative estimate of drug-likeness (QED) is 0.849. The molecule has 17 heavy (non-hydrogen) atoms. The van der Waals surface area contributed by atoms with Gasteiger partial charge in [0.25, 0.3) is 0 Å². The van der Waals surface area contributed by atoms with E-state index in [9.17, 15) is 18.7 Å². The second kappa shape index (κ2) is 5.74. The number of hydrogen-bond donors (Lipinski definition) is 2. The van der Waals surface area contributed by atoms with Crippen molar-refractivity contribution in [1.82, 2.24) is 0 Å². The lowest BCUT2D eigenvalue weighted by Gasteiger charge is -2.13. The maximum absolute atomic E-state index is 12.0. The molecule has 0 saturated carbocycles. The summed E-state index contributed by atoms with van der Waals surface area (Å²) in [6.07, 6.45) is -1.76. The van der Waals surface area contributed by atoms with E-state index in [1.54, 1.807) is 0 Å². The van der Waals surface area contributed by atoms with Crippen molar-refractivity contribution in [3.05, 3.63) is 26.6 Å². The van der Waals surface area contributed by atoms with Crippen LogP contribution in [0.5, 0.6) is 5.75 Å². The van der Waals surface area contributed by atoms with Crippen molar-refractivity contribution in [3.8, 4) is 5.75 Å². The highest BCUT2D eigenvalue weighted by Gasteiger charge is 2.23. The van der Waals surface area contributed by atoms with Crippen LogP contribution in [0.4, 0.5) is 8.78 Å². The summed E-state index contributed by atoms with van der Waals surface area (Å²) in [5.74, 6) is -1.60. The summed E-state index contributed by atoms with van der Waals surface area (Å²) in [6, 6.07) is 2.30. The van der Waals surface area contributed by atoms with Crippen LogP contribution in [0.3, 0.4) is 0 Å². The van der Waals surface area contributed by atoms with Crippen molar-refractivity contribution in [2.75, 3.05) is 0 Å². The zero-order valence-electron chi connectivity index (χ0n) is 8.03. The maximum Gasteiger partial charge on any atom is 0.387 e. The van der Waals surface area contributed by atoms with Crippen molar-refractivity contribution < 1.29 is 28.5 Å². The largest absolute Gasteiger partial charge is 0.479 e. The van der Waals surface area contributed by atoms with E-state index < -0.39 is 18.7 Å². The zero-order chi connectivity index (χ0) is 13.2. The van der Waals surface area contributed by atoms with Crippen LogP contribution in [-0.4, -0.2) is 22.8 Å². The van der Waals surface area contributed by atoms with Gasteiger partial charge in [-0.3, -0.25) is 0 Å². The summed E-state index contributed by atoms with van der Waals surface area (Å²) < 4.78 is 28.4. The van der Waals surface area contributed by atoms with Gasteiger partial charge in [-0.15, -0.1) is 0 Å². The van der Waals surface area contributed by atoms with Gasteiger partial charge in [-0.1, -0.05) is 31.9 Å². The highest BCUT2D eigenvalue weighted by Crippen LogP contribution is 2.35. The average molecular weight is 376 g/mol. The molecule has 2 N–H and O–H groups in total. The molecule has 0 spiro atoms. The average Bonchev–Trinajstić information content (AvgIpc) is 2.14. The number of aliphatic hydroxyl groups excluding tert-OH is 1. The topological polar surface area (TPSA) is 66.8 Å². The normalized spacial score (nSPS) is 12.6. The van der Waals surface area contributed by atoms with Crippen molar-refractivity contribution in [3.63, 3.8) is 0 Å². The zero-order valence-corrected chi connectivity index (χ0v) is 11.2. The number of benzene rings is 1. The van der Waals surface area contributed by atoms with E-state index in [0.29, 0.717) is 0 Å². The molecule has 0 fully saturated rings. The van der Waals surface area contributed by atoms with Crippen LogP contribution in [0.1, 0.15) is 11.7 Å². The Bertz CT molecular complexity index is 416. The van der Waals surface area contributed by atoms with Gasteiger partial charge in [0.1, 0.15) is 5.75 Å². The first-order chi connectivity index (χ1) is 7.82. The van der Waals surface area contributed by atoms with Gasteiger partial charge >= 0.3 is 12.6 Å². The van der Waals surface area contributed by atoms with Crippen molar-refractivity contribution in [2.45, 2.75) is 12.7 Å². The lowest BCUT2D eigenvalue weighted by atomic mass is 10.1. The van der Waals surface area contributed by atoms with Crippen LogP contribution in [0.25, 0.3) is 0 Å². The van der Waals surface area contributed by atoms with Gasteiger partial charge in [-0.2, -0.15) is 8.78 Å². The molecular weight excluding hydrogens is 370 g/mol. The number of carboxylic acids is 1. The van der Waals surface area contributed by atoms with Gasteiger partial charge in [0, 0.05) is 14.5 Å². The van der Waals surface area contributed by atoms with Crippen LogP contribution >= 0.6 is 31.9 Å². The smallest absolute Gasteiger partial charge is 0.387 e. The number of ether oxygens (including phenoxy) is 1. The number of alkyl halides is 2. The minimum atomic E-state index is -2.98. The Morgan fingerprint density at radius 3 is 2.12 bits per heavy atom. The molecule has 0 aromatic heterocycles. The molecule has 0 aliphatic rings. The number of aliphatic hydroxyl groups is 1. The van der Waals surface area contributed by atoms with Gasteiger partial charge in [0.2, 0.25) is 0 Å². The monoisotopic (exact) mass is 374 g/mol. The summed E-state index contributed by atoms with van der Waals surface area (Å²) in [4.78, 5) is 10.6. The fourth-order valence-corrected chi connectivity index (χ4v) is 2.69. The van der Waals surface area contributed by atoms with Gasteiger partial charge < -0.3 is 14.9 Å². The molecule has 0 aliphatic heterocycles. The van der Waals surface area contributed by atoms with Crippen LogP contribution in [0.2, 0.25) is 0 Å². The molecule has 1 aromatic rings. The van der Waals surface area contributed by atoms with Gasteiger partial charge in [0.15, 0.2) is 6.10 Å². The van der Waals surface area contributed by atoms with Crippen LogP contribution in [0.15, 0.2) is 21.1 Å². The second-order valence-corrected chi connectivity index (χ2v) is 4.63. The minimum absolute atomic E-state index is 0.0270. The molecule has 94 valence electrons. The van der Waals surface area contributed by atoms with Crippen LogP contribution in [-0.2, 0) is 4.79 Å². The molecule has 4 nitrogen and oxygen atoms in total. The highest BCUT2D eigenvalue weighted by atomic mass is 79.9. The molecule has 0 bridgehead atoms. The Balaban J connectivity index is 3.14. The van der Waals surface area contributed by atoms with Gasteiger partial charge in [-0.05, 0) is 12.1 Å². The fraction of sp³-hybridized carbons (Fsp3) is 0.222. The number of carboxylic acid groups (broad SMARTS) is 1. The molecular formula is C9H6Br2F2O4. The predicted molar refractivity (Wildman–Crippen MR) is 61.1 cm³/mol. The van der Waals surface area contributed by atoms with E-state index >= 15 is 0 Å². The van der Waals surface area contributed by atoms with E-state index in [1.807, 2.05) is 0 Å². The lowest BCUT2D eigenvalue weighted by molar-refractivity contribution is -0.147. The van der Waals surface area contributed by atoms with E-state index in [0.717, 1.165) is 12.1 Å². The van der Waals surface area contributed by atoms with Gasteiger partial charge in [-0.25, -0.2) is 4.79 Å². The molecule has 0 amide bonds. The Hall–Kier alpha value is -0.730. The Morgan fingerprint density at radius 1 is 1.29 bits per heavy atom. The van der Waals surface area contributed by atoms with E-state index in [-0.39, 0.29) is 20.3 Å². The van der Waals surface area contributed by atoms with Gasteiger partial charge in [0.05, 0.1) is 0 Å². The van der Waals surface area contributed by atoms with E-state index in [4.69, 9.17) is 5.11 Å². The number of rotatable bonds is 4. The number of halogens is 4. The summed E-state index contributed by atoms with van der Waals surface area (Å²) >= 11 is 5.96. The first kappa shape index (κ1) is 14.3. The number of aliphatic carboxylic acids is 1.